The summed E-state index contributed by atoms with van der Waals surface area (Å²) in [5.74, 6) is 0. The van der Waals surface area contributed by atoms with Crippen molar-refractivity contribution in [3.05, 3.63) is 52.9 Å². The average Bonchev–Trinajstić information content (AvgIpc) is 3.06. The van der Waals surface area contributed by atoms with Crippen LogP contribution in [0, 0.1) is 0 Å². The summed E-state index contributed by atoms with van der Waals surface area (Å²) in [7, 11) is 0. The van der Waals surface area contributed by atoms with Gasteiger partial charge in [-0.05, 0) is 43.5 Å². The number of quaternary nitrogens is 1. The number of nitrogens with one attached hydrogen (secondary N) is 1. The Morgan fingerprint density at radius 2 is 1.61 bits per heavy atom. The fourth-order valence-electron chi connectivity index (χ4n) is 3.70. The number of nitrogens with zero attached hydrogens (tertiary/aromatic N) is 2. The van der Waals surface area contributed by atoms with E-state index in [1.807, 2.05) is 39.4 Å². The van der Waals surface area contributed by atoms with Crippen LogP contribution in [0.25, 0.3) is 16.6 Å². The standard InChI is InChI=1S/C18H21N3O.ClH/c22-18-17-9-6-12-20(17)15-7-2-3-8-16(15)21(18)14-13-19-10-4-1-5-11-19;/h2-3,6-9,12H,1,4-5,10-11,13-14H2;1H. The van der Waals surface area contributed by atoms with E-state index in [-0.39, 0.29) is 18.0 Å². The molecule has 0 bridgehead atoms. The Kier molecular flexibility index (Phi) is 4.74. The molecule has 1 aliphatic rings. The number of piperidine rings is 1. The first kappa shape index (κ1) is 16.1. The van der Waals surface area contributed by atoms with Crippen molar-refractivity contribution >= 4 is 16.6 Å². The molecule has 3 aromatic rings. The molecule has 0 amide bonds. The minimum Gasteiger partial charge on any atom is -1.00 e. The second kappa shape index (κ2) is 6.77. The van der Waals surface area contributed by atoms with Crippen molar-refractivity contribution in [2.24, 2.45) is 0 Å². The summed E-state index contributed by atoms with van der Waals surface area (Å²) in [5, 5.41) is 0. The largest absolute Gasteiger partial charge is 1.00 e. The lowest BCUT2D eigenvalue weighted by Gasteiger charge is -2.24. The van der Waals surface area contributed by atoms with Gasteiger partial charge in [0.25, 0.3) is 5.56 Å². The van der Waals surface area contributed by atoms with E-state index in [0.29, 0.717) is 0 Å². The van der Waals surface area contributed by atoms with E-state index in [2.05, 4.69) is 12.1 Å². The number of halogens is 1. The molecule has 1 saturated heterocycles. The summed E-state index contributed by atoms with van der Waals surface area (Å²) in [5.41, 5.74) is 3.04. The zero-order valence-electron chi connectivity index (χ0n) is 13.2. The van der Waals surface area contributed by atoms with Crippen LogP contribution >= 0.6 is 0 Å². The highest BCUT2D eigenvalue weighted by molar-refractivity contribution is 5.78. The van der Waals surface area contributed by atoms with Crippen LogP contribution in [0.1, 0.15) is 19.3 Å². The van der Waals surface area contributed by atoms with E-state index < -0.39 is 0 Å². The van der Waals surface area contributed by atoms with Crippen LogP contribution in [0.2, 0.25) is 0 Å². The molecule has 1 aliphatic heterocycles. The van der Waals surface area contributed by atoms with E-state index in [4.69, 9.17) is 0 Å². The third-order valence-electron chi connectivity index (χ3n) is 4.89. The lowest BCUT2D eigenvalue weighted by Crippen LogP contribution is -3.13. The van der Waals surface area contributed by atoms with E-state index in [1.54, 1.807) is 4.90 Å². The molecule has 1 N–H and O–H groups in total. The van der Waals surface area contributed by atoms with E-state index in [1.165, 1.54) is 32.4 Å². The maximum atomic E-state index is 12.8. The predicted octanol–water partition coefficient (Wildman–Crippen LogP) is -1.67. The molecule has 122 valence electrons. The SMILES string of the molecule is O=c1c2cccn2c2ccccc2n1CC[NH+]1CCCCC1.[Cl-]. The van der Waals surface area contributed by atoms with Crippen LogP contribution in [0.4, 0.5) is 0 Å². The van der Waals surface area contributed by atoms with E-state index >= 15 is 0 Å². The molecule has 5 heteroatoms. The Morgan fingerprint density at radius 3 is 2.39 bits per heavy atom. The van der Waals surface area contributed by atoms with Gasteiger partial charge in [-0.25, -0.2) is 0 Å². The minimum absolute atomic E-state index is 0. The summed E-state index contributed by atoms with van der Waals surface area (Å²) < 4.78 is 3.97. The van der Waals surface area contributed by atoms with E-state index in [0.717, 1.165) is 29.6 Å². The molecule has 0 unspecified atom stereocenters. The summed E-state index contributed by atoms with van der Waals surface area (Å²) in [4.78, 5) is 14.4. The van der Waals surface area contributed by atoms with Crippen LogP contribution in [0.3, 0.4) is 0 Å². The molecule has 2 aromatic heterocycles. The summed E-state index contributed by atoms with van der Waals surface area (Å²) in [6, 6.07) is 12.1. The number of hydrogen-bond acceptors (Lipinski definition) is 1. The first-order valence-corrected chi connectivity index (χ1v) is 8.27. The van der Waals surface area contributed by atoms with Gasteiger partial charge in [-0.3, -0.25) is 9.36 Å². The first-order valence-electron chi connectivity index (χ1n) is 8.27. The summed E-state index contributed by atoms with van der Waals surface area (Å²) in [6.07, 6.45) is 5.98. The quantitative estimate of drug-likeness (QED) is 0.611. The topological polar surface area (TPSA) is 30.9 Å². The number of para-hydroxylation sites is 2. The fourth-order valence-corrected chi connectivity index (χ4v) is 3.70. The number of fused-ring (bicyclic) bond motifs is 3. The molecule has 0 atom stereocenters. The van der Waals surface area contributed by atoms with Crippen molar-refractivity contribution < 1.29 is 17.3 Å². The predicted molar refractivity (Wildman–Crippen MR) is 88.6 cm³/mol. The Morgan fingerprint density at radius 1 is 0.913 bits per heavy atom. The molecule has 0 saturated carbocycles. The second-order valence-corrected chi connectivity index (χ2v) is 6.27. The van der Waals surface area contributed by atoms with Crippen LogP contribution in [0.5, 0.6) is 0 Å². The van der Waals surface area contributed by atoms with Crippen molar-refractivity contribution in [1.82, 2.24) is 8.97 Å². The van der Waals surface area contributed by atoms with E-state index in [9.17, 15) is 4.79 Å². The molecular formula is C18H22ClN3O. The number of benzene rings is 1. The third kappa shape index (κ3) is 2.89. The molecule has 0 spiro atoms. The number of likely N-dealkylation sites (tertiary alicyclic amines) is 1. The molecule has 1 aromatic carbocycles. The molecule has 4 nitrogen and oxygen atoms in total. The van der Waals surface area contributed by atoms with Gasteiger partial charge in [0.15, 0.2) is 0 Å². The van der Waals surface area contributed by atoms with Crippen molar-refractivity contribution in [2.45, 2.75) is 25.8 Å². The Balaban J connectivity index is 0.00000156. The number of rotatable bonds is 3. The number of aromatic nitrogens is 2. The maximum absolute atomic E-state index is 12.8. The molecule has 1 fully saturated rings. The highest BCUT2D eigenvalue weighted by atomic mass is 35.5. The van der Waals surface area contributed by atoms with Crippen molar-refractivity contribution in [1.29, 1.82) is 0 Å². The van der Waals surface area contributed by atoms with Crippen LogP contribution in [0.15, 0.2) is 47.4 Å². The Labute approximate surface area is 141 Å². The van der Waals surface area contributed by atoms with Gasteiger partial charge in [-0.1, -0.05) is 12.1 Å². The van der Waals surface area contributed by atoms with Crippen molar-refractivity contribution in [3.8, 4) is 0 Å². The first-order chi connectivity index (χ1) is 10.8. The normalized spacial score (nSPS) is 15.8. The third-order valence-corrected chi connectivity index (χ3v) is 4.89. The lowest BCUT2D eigenvalue weighted by molar-refractivity contribution is -0.905. The molecule has 23 heavy (non-hydrogen) atoms. The Hall–Kier alpha value is -1.78. The summed E-state index contributed by atoms with van der Waals surface area (Å²) >= 11 is 0. The second-order valence-electron chi connectivity index (χ2n) is 6.27. The highest BCUT2D eigenvalue weighted by Crippen LogP contribution is 2.14. The average molecular weight is 332 g/mol. The molecule has 3 heterocycles. The van der Waals surface area contributed by atoms with Crippen molar-refractivity contribution in [3.63, 3.8) is 0 Å². The minimum atomic E-state index is 0. The monoisotopic (exact) mass is 331 g/mol. The molecule has 0 radical (unpaired) electrons. The van der Waals surface area contributed by atoms with Crippen LogP contribution in [-0.4, -0.2) is 28.6 Å². The Bertz CT molecular complexity index is 861. The van der Waals surface area contributed by atoms with Gasteiger partial charge in [0.05, 0.1) is 37.2 Å². The zero-order chi connectivity index (χ0) is 14.9. The van der Waals surface area contributed by atoms with Crippen molar-refractivity contribution in [2.75, 3.05) is 19.6 Å². The van der Waals surface area contributed by atoms with Gasteiger partial charge in [0.2, 0.25) is 0 Å². The van der Waals surface area contributed by atoms with Gasteiger partial charge in [-0.15, -0.1) is 0 Å². The lowest BCUT2D eigenvalue weighted by atomic mass is 10.1. The zero-order valence-corrected chi connectivity index (χ0v) is 13.9. The van der Waals surface area contributed by atoms with Gasteiger partial charge in [-0.2, -0.15) is 0 Å². The van der Waals surface area contributed by atoms with Crippen LogP contribution in [-0.2, 0) is 6.54 Å². The van der Waals surface area contributed by atoms with Gasteiger partial charge in [0.1, 0.15) is 5.52 Å². The smallest absolute Gasteiger partial charge is 0.275 e. The summed E-state index contributed by atoms with van der Waals surface area (Å²) in [6.45, 7) is 4.34. The van der Waals surface area contributed by atoms with Gasteiger partial charge >= 0.3 is 0 Å². The van der Waals surface area contributed by atoms with Gasteiger partial charge < -0.3 is 21.7 Å². The molecular weight excluding hydrogens is 310 g/mol. The maximum Gasteiger partial charge on any atom is 0.275 e. The van der Waals surface area contributed by atoms with Gasteiger partial charge in [0, 0.05) is 6.20 Å². The molecule has 4 rings (SSSR count). The highest BCUT2D eigenvalue weighted by Gasteiger charge is 2.15. The number of hydrogen-bond donors (Lipinski definition) is 1. The fraction of sp³-hybridized carbons (Fsp3) is 0.389. The molecule has 0 aliphatic carbocycles. The van der Waals surface area contributed by atoms with Crippen LogP contribution < -0.4 is 22.9 Å².